The normalized spacial score (nSPS) is 20.2. The average Bonchev–Trinajstić information content (AvgIpc) is 2.31. The van der Waals surface area contributed by atoms with Gasteiger partial charge in [-0.3, -0.25) is 0 Å². The molecule has 0 unspecified atom stereocenters. The maximum atomic E-state index is 8.94. The molecule has 0 bridgehead atoms. The highest BCUT2D eigenvalue weighted by atomic mass is 16.5. The van der Waals surface area contributed by atoms with Gasteiger partial charge in [0.05, 0.1) is 16.9 Å². The van der Waals surface area contributed by atoms with E-state index in [1.165, 1.54) is 0 Å². The Morgan fingerprint density at radius 2 is 1.94 bits per heavy atom. The maximum Gasteiger partial charge on any atom is 0.141 e. The van der Waals surface area contributed by atoms with E-state index in [1.54, 1.807) is 6.07 Å². The van der Waals surface area contributed by atoms with E-state index in [2.05, 4.69) is 4.98 Å². The average molecular weight is 217 g/mol. The van der Waals surface area contributed by atoms with Crippen molar-refractivity contribution in [1.29, 1.82) is 5.26 Å². The minimum atomic E-state index is -0.457. The highest BCUT2D eigenvalue weighted by Crippen LogP contribution is 2.46. The zero-order valence-corrected chi connectivity index (χ0v) is 9.96. The number of nitriles is 1. The minimum absolute atomic E-state index is 0.274. The van der Waals surface area contributed by atoms with Crippen molar-refractivity contribution in [3.05, 3.63) is 22.9 Å². The maximum absolute atomic E-state index is 8.94. The molecule has 84 valence electrons. The van der Waals surface area contributed by atoms with Gasteiger partial charge in [-0.15, -0.1) is 0 Å². The van der Waals surface area contributed by atoms with Crippen molar-refractivity contribution < 1.29 is 4.74 Å². The lowest BCUT2D eigenvalue weighted by molar-refractivity contribution is -0.106. The summed E-state index contributed by atoms with van der Waals surface area (Å²) in [4.78, 5) is 4.30. The second-order valence-electron chi connectivity index (χ2n) is 5.05. The largest absolute Gasteiger partial charge is 0.383 e. The molecular formula is C12H15N3O. The zero-order chi connectivity index (χ0) is 12.1. The number of nitrogens with zero attached hydrogens (tertiary/aromatic N) is 2. The van der Waals surface area contributed by atoms with Gasteiger partial charge in [0.15, 0.2) is 0 Å². The van der Waals surface area contributed by atoms with Gasteiger partial charge in [-0.2, -0.15) is 5.26 Å². The van der Waals surface area contributed by atoms with Crippen molar-refractivity contribution in [2.24, 2.45) is 0 Å². The molecule has 16 heavy (non-hydrogen) atoms. The predicted octanol–water partition coefficient (Wildman–Crippen LogP) is 2.04. The summed E-state index contributed by atoms with van der Waals surface area (Å²) in [6.45, 7) is 7.86. The van der Waals surface area contributed by atoms with Crippen molar-refractivity contribution in [1.82, 2.24) is 4.98 Å². The summed E-state index contributed by atoms with van der Waals surface area (Å²) in [7, 11) is 0. The van der Waals surface area contributed by atoms with E-state index in [1.807, 2.05) is 33.8 Å². The SMILES string of the molecule is CC1(C)OC(C)(C)c2nc(N)c(C#N)cc21. The summed E-state index contributed by atoms with van der Waals surface area (Å²) < 4.78 is 5.93. The van der Waals surface area contributed by atoms with Crippen LogP contribution in [0.2, 0.25) is 0 Å². The minimum Gasteiger partial charge on any atom is -0.383 e. The molecule has 0 saturated heterocycles. The topological polar surface area (TPSA) is 71.9 Å². The quantitative estimate of drug-likeness (QED) is 0.721. The highest BCUT2D eigenvalue weighted by molar-refractivity contribution is 5.54. The van der Waals surface area contributed by atoms with Crippen molar-refractivity contribution >= 4 is 5.82 Å². The molecule has 0 fully saturated rings. The number of nitrogen functional groups attached to an aromatic ring is 1. The number of rotatable bonds is 0. The van der Waals surface area contributed by atoms with Crippen LogP contribution < -0.4 is 5.73 Å². The van der Waals surface area contributed by atoms with E-state index in [9.17, 15) is 0 Å². The third-order valence-corrected chi connectivity index (χ3v) is 2.90. The Bertz CT molecular complexity index is 498. The Hall–Kier alpha value is -1.60. The zero-order valence-electron chi connectivity index (χ0n) is 9.96. The smallest absolute Gasteiger partial charge is 0.141 e. The van der Waals surface area contributed by atoms with E-state index in [4.69, 9.17) is 15.7 Å². The fraction of sp³-hybridized carbons (Fsp3) is 0.500. The second kappa shape index (κ2) is 2.96. The van der Waals surface area contributed by atoms with Gasteiger partial charge >= 0.3 is 0 Å². The van der Waals surface area contributed by atoms with Crippen molar-refractivity contribution in [2.75, 3.05) is 5.73 Å². The Balaban J connectivity index is 2.74. The molecule has 1 aliphatic rings. The number of anilines is 1. The van der Waals surface area contributed by atoms with Gasteiger partial charge in [-0.25, -0.2) is 4.98 Å². The molecule has 2 N–H and O–H groups in total. The van der Waals surface area contributed by atoms with Gasteiger partial charge in [0.1, 0.15) is 17.5 Å². The molecule has 0 aromatic carbocycles. The van der Waals surface area contributed by atoms with E-state index in [-0.39, 0.29) is 5.82 Å². The van der Waals surface area contributed by atoms with Crippen LogP contribution in [0.25, 0.3) is 0 Å². The van der Waals surface area contributed by atoms with Crippen molar-refractivity contribution in [3.63, 3.8) is 0 Å². The molecule has 1 aliphatic heterocycles. The molecule has 1 aromatic heterocycles. The Kier molecular flexibility index (Phi) is 2.01. The lowest BCUT2D eigenvalue weighted by atomic mass is 9.94. The van der Waals surface area contributed by atoms with Crippen LogP contribution in [0.5, 0.6) is 0 Å². The van der Waals surface area contributed by atoms with Crippen molar-refractivity contribution in [2.45, 2.75) is 38.9 Å². The molecule has 0 saturated carbocycles. The standard InChI is InChI=1S/C12H15N3O/c1-11(2)8-5-7(6-13)10(14)15-9(8)12(3,4)16-11/h5H,1-4H3,(H2,14,15). The Morgan fingerprint density at radius 3 is 2.50 bits per heavy atom. The lowest BCUT2D eigenvalue weighted by Gasteiger charge is -2.24. The summed E-state index contributed by atoms with van der Waals surface area (Å²) in [5.41, 5.74) is 7.03. The number of ether oxygens (including phenoxy) is 1. The van der Waals surface area contributed by atoms with Crippen LogP contribution in [0.3, 0.4) is 0 Å². The monoisotopic (exact) mass is 217 g/mol. The molecule has 1 aromatic rings. The van der Waals surface area contributed by atoms with E-state index < -0.39 is 11.2 Å². The summed E-state index contributed by atoms with van der Waals surface area (Å²) in [5.74, 6) is 0.274. The van der Waals surface area contributed by atoms with Gasteiger partial charge in [0.25, 0.3) is 0 Å². The molecule has 4 heteroatoms. The van der Waals surface area contributed by atoms with Gasteiger partial charge in [0.2, 0.25) is 0 Å². The molecule has 0 amide bonds. The molecule has 4 nitrogen and oxygen atoms in total. The number of hydrogen-bond donors (Lipinski definition) is 1. The van der Waals surface area contributed by atoms with Gasteiger partial charge in [-0.1, -0.05) is 0 Å². The first kappa shape index (κ1) is 10.9. The number of nitrogens with two attached hydrogens (primary N) is 1. The van der Waals surface area contributed by atoms with E-state index in [0.717, 1.165) is 11.3 Å². The van der Waals surface area contributed by atoms with Crippen LogP contribution in [0.4, 0.5) is 5.82 Å². The van der Waals surface area contributed by atoms with Gasteiger partial charge in [-0.05, 0) is 33.8 Å². The van der Waals surface area contributed by atoms with Crippen LogP contribution in [-0.4, -0.2) is 4.98 Å². The van der Waals surface area contributed by atoms with Crippen LogP contribution in [0.1, 0.15) is 44.5 Å². The first-order valence-corrected chi connectivity index (χ1v) is 5.20. The molecule has 2 rings (SSSR count). The van der Waals surface area contributed by atoms with E-state index >= 15 is 0 Å². The highest BCUT2D eigenvalue weighted by Gasteiger charge is 2.44. The predicted molar refractivity (Wildman–Crippen MR) is 60.5 cm³/mol. The first-order chi connectivity index (χ1) is 7.28. The van der Waals surface area contributed by atoms with Crippen molar-refractivity contribution in [3.8, 4) is 6.07 Å². The first-order valence-electron chi connectivity index (χ1n) is 5.20. The summed E-state index contributed by atoms with van der Waals surface area (Å²) in [6.07, 6.45) is 0. The number of hydrogen-bond acceptors (Lipinski definition) is 4. The summed E-state index contributed by atoms with van der Waals surface area (Å²) in [6, 6.07) is 3.83. The fourth-order valence-electron chi connectivity index (χ4n) is 2.28. The second-order valence-corrected chi connectivity index (χ2v) is 5.05. The van der Waals surface area contributed by atoms with Crippen LogP contribution in [0, 0.1) is 11.3 Å². The number of aromatic nitrogens is 1. The fourth-order valence-corrected chi connectivity index (χ4v) is 2.28. The molecule has 2 heterocycles. The molecular weight excluding hydrogens is 202 g/mol. The van der Waals surface area contributed by atoms with Gasteiger partial charge < -0.3 is 10.5 Å². The van der Waals surface area contributed by atoms with Crippen LogP contribution >= 0.6 is 0 Å². The van der Waals surface area contributed by atoms with Crippen LogP contribution in [0.15, 0.2) is 6.07 Å². The molecule has 0 aliphatic carbocycles. The molecule has 0 radical (unpaired) electrons. The number of pyridine rings is 1. The number of fused-ring (bicyclic) bond motifs is 1. The van der Waals surface area contributed by atoms with E-state index in [0.29, 0.717) is 5.56 Å². The lowest BCUT2D eigenvalue weighted by Crippen LogP contribution is -2.22. The Morgan fingerprint density at radius 1 is 1.31 bits per heavy atom. The van der Waals surface area contributed by atoms with Crippen LogP contribution in [-0.2, 0) is 15.9 Å². The third-order valence-electron chi connectivity index (χ3n) is 2.90. The van der Waals surface area contributed by atoms with Gasteiger partial charge in [0, 0.05) is 5.56 Å². The third kappa shape index (κ3) is 1.36. The summed E-state index contributed by atoms with van der Waals surface area (Å²) >= 11 is 0. The Labute approximate surface area is 95.0 Å². The molecule has 0 spiro atoms. The summed E-state index contributed by atoms with van der Waals surface area (Å²) in [5, 5.41) is 8.94. The molecule has 0 atom stereocenters.